The molecule has 0 fully saturated rings. The van der Waals surface area contributed by atoms with Crippen LogP contribution in [0.15, 0.2) is 77.3 Å². The molecule has 5 rings (SSSR count). The van der Waals surface area contributed by atoms with Crippen LogP contribution in [0.5, 0.6) is 5.75 Å². The molecule has 4 aromatic rings. The van der Waals surface area contributed by atoms with Crippen molar-refractivity contribution in [1.82, 2.24) is 10.0 Å². The fourth-order valence-electron chi connectivity index (χ4n) is 4.35. The second-order valence-corrected chi connectivity index (χ2v) is 11.9. The van der Waals surface area contributed by atoms with Crippen LogP contribution in [0.4, 0.5) is 5.69 Å². The zero-order valence-corrected chi connectivity index (χ0v) is 27.2. The number of Topliss-reactive ketones (excluding diaryl/α,β-unsaturated/α-hetero) is 1. The number of nitrogens with zero attached hydrogens (tertiary/aromatic N) is 3. The predicted molar refractivity (Wildman–Crippen MR) is 171 cm³/mol. The second-order valence-electron chi connectivity index (χ2n) is 9.44. The molecule has 3 amide bonds. The van der Waals surface area contributed by atoms with Crippen LogP contribution in [0.3, 0.4) is 0 Å². The molecule has 0 saturated heterocycles. The normalized spacial score (nSPS) is 12.2. The number of hydrazine groups is 1. The zero-order chi connectivity index (χ0) is 33.4. The number of hydrogen-bond acceptors (Lipinski definition) is 8. The predicted octanol–water partition coefficient (Wildman–Crippen LogP) is 7.73. The van der Waals surface area contributed by atoms with Crippen LogP contribution < -0.4 is 4.74 Å². The molecule has 0 radical (unpaired) electrons. The molecular weight excluding hydrogens is 752 g/mol. The van der Waals surface area contributed by atoms with Crippen molar-refractivity contribution in [2.45, 2.75) is 0 Å². The van der Waals surface area contributed by atoms with Crippen LogP contribution in [0.1, 0.15) is 51.8 Å². The second kappa shape index (κ2) is 13.2. The number of hydrogen-bond donors (Lipinski definition) is 0. The fourth-order valence-corrected chi connectivity index (χ4v) is 5.63. The number of rotatable bonds is 8. The molecule has 0 N–H and O–H groups in total. The number of carbonyl (C=O) groups is 5. The molecular formula is C30H14BrCl4N3O8. The highest BCUT2D eigenvalue weighted by molar-refractivity contribution is 9.10. The Balaban J connectivity index is 1.46. The number of carbonyl (C=O) groups excluding carboxylic acids is 5. The van der Waals surface area contributed by atoms with E-state index < -0.39 is 62.1 Å². The molecule has 0 atom stereocenters. The van der Waals surface area contributed by atoms with Crippen molar-refractivity contribution < 1.29 is 33.6 Å². The lowest BCUT2D eigenvalue weighted by molar-refractivity contribution is -0.384. The maximum Gasteiger partial charge on any atom is 0.343 e. The summed E-state index contributed by atoms with van der Waals surface area (Å²) in [7, 11) is 0. The number of nitro groups is 1. The average Bonchev–Trinajstić information content (AvgIpc) is 3.31. The van der Waals surface area contributed by atoms with Gasteiger partial charge in [-0.1, -0.05) is 62.3 Å². The van der Waals surface area contributed by atoms with Gasteiger partial charge in [-0.3, -0.25) is 29.3 Å². The number of ether oxygens (including phenoxy) is 1. The first-order valence-electron chi connectivity index (χ1n) is 12.7. The van der Waals surface area contributed by atoms with Crippen LogP contribution in [-0.4, -0.2) is 51.0 Å². The van der Waals surface area contributed by atoms with Gasteiger partial charge in [0, 0.05) is 27.7 Å². The van der Waals surface area contributed by atoms with E-state index in [0.717, 1.165) is 28.7 Å². The summed E-state index contributed by atoms with van der Waals surface area (Å²) >= 11 is 28.0. The highest BCUT2D eigenvalue weighted by Crippen LogP contribution is 2.45. The topological polar surface area (TPSA) is 144 Å². The number of benzene rings is 4. The molecule has 0 saturated carbocycles. The van der Waals surface area contributed by atoms with Gasteiger partial charge >= 0.3 is 5.97 Å². The Hall–Kier alpha value is -4.33. The summed E-state index contributed by atoms with van der Waals surface area (Å²) in [6.45, 7) is -0.865. The first-order chi connectivity index (χ1) is 21.8. The van der Waals surface area contributed by atoms with Crippen molar-refractivity contribution >= 4 is 97.5 Å². The minimum Gasteiger partial charge on any atom is -0.423 e. The standard InChI is InChI=1S/C30H14BrCl4N3O8/c31-17-7-1-16(2-8-17)30(43)46-19-11-5-14(6-12-19)20(39)13-36(27(40)15-3-9-18(10-4-15)38(44)45)37-28(41)21-22(29(37)42)24(33)26(35)25(34)23(21)32/h1-12H,13H2. The molecule has 0 aromatic heterocycles. The van der Waals surface area contributed by atoms with Crippen LogP contribution in [0, 0.1) is 10.1 Å². The van der Waals surface area contributed by atoms with E-state index in [2.05, 4.69) is 15.9 Å². The van der Waals surface area contributed by atoms with Crippen molar-refractivity contribution in [3.8, 4) is 5.75 Å². The number of amides is 3. The molecule has 16 heteroatoms. The Bertz CT molecular complexity index is 1920. The van der Waals surface area contributed by atoms with Crippen molar-refractivity contribution in [3.05, 3.63) is 135 Å². The number of imide groups is 1. The molecule has 0 aliphatic carbocycles. The minimum atomic E-state index is -1.12. The lowest BCUT2D eigenvalue weighted by Crippen LogP contribution is -2.51. The average molecular weight is 766 g/mol. The third kappa shape index (κ3) is 6.22. The van der Waals surface area contributed by atoms with Gasteiger partial charge in [0.05, 0.1) is 41.7 Å². The maximum atomic E-state index is 13.7. The van der Waals surface area contributed by atoms with Gasteiger partial charge in [-0.25, -0.2) is 9.80 Å². The maximum absolute atomic E-state index is 13.7. The van der Waals surface area contributed by atoms with Crippen molar-refractivity contribution in [3.63, 3.8) is 0 Å². The van der Waals surface area contributed by atoms with Gasteiger partial charge in [-0.2, -0.15) is 5.01 Å². The summed E-state index contributed by atoms with van der Waals surface area (Å²) in [5, 5.41) is 10.7. The molecule has 1 aliphatic rings. The Kier molecular flexibility index (Phi) is 9.47. The molecule has 232 valence electrons. The van der Waals surface area contributed by atoms with Gasteiger partial charge in [0.2, 0.25) is 0 Å². The summed E-state index contributed by atoms with van der Waals surface area (Å²) in [6, 6.07) is 16.0. The van der Waals surface area contributed by atoms with Crippen molar-refractivity contribution in [2.24, 2.45) is 0 Å². The van der Waals surface area contributed by atoms with E-state index in [1.807, 2.05) is 0 Å². The monoisotopic (exact) mass is 763 g/mol. The number of nitro benzene ring substituents is 1. The lowest BCUT2D eigenvalue weighted by atomic mass is 10.1. The molecule has 0 spiro atoms. The van der Waals surface area contributed by atoms with Crippen LogP contribution in [-0.2, 0) is 0 Å². The summed E-state index contributed by atoms with van der Waals surface area (Å²) in [6.07, 6.45) is 0. The number of esters is 1. The summed E-state index contributed by atoms with van der Waals surface area (Å²) in [5.41, 5.74) is -1.09. The molecule has 0 unspecified atom stereocenters. The van der Waals surface area contributed by atoms with Crippen molar-refractivity contribution in [2.75, 3.05) is 6.54 Å². The van der Waals surface area contributed by atoms with E-state index in [1.54, 1.807) is 24.3 Å². The van der Waals surface area contributed by atoms with Gasteiger partial charge in [-0.15, -0.1) is 0 Å². The van der Waals surface area contributed by atoms with E-state index in [1.165, 1.54) is 24.3 Å². The molecule has 1 aliphatic heterocycles. The largest absolute Gasteiger partial charge is 0.423 e. The van der Waals surface area contributed by atoms with E-state index in [-0.39, 0.29) is 38.2 Å². The van der Waals surface area contributed by atoms with E-state index in [4.69, 9.17) is 51.1 Å². The lowest BCUT2D eigenvalue weighted by Gasteiger charge is -2.29. The molecule has 11 nitrogen and oxygen atoms in total. The zero-order valence-electron chi connectivity index (χ0n) is 22.6. The molecule has 0 bridgehead atoms. The summed E-state index contributed by atoms with van der Waals surface area (Å²) in [4.78, 5) is 77.3. The minimum absolute atomic E-state index is 0.0173. The molecule has 1 heterocycles. The highest BCUT2D eigenvalue weighted by Gasteiger charge is 2.46. The van der Waals surface area contributed by atoms with Crippen LogP contribution >= 0.6 is 62.3 Å². The number of non-ortho nitro benzene ring substituents is 1. The van der Waals surface area contributed by atoms with Gasteiger partial charge in [0.25, 0.3) is 23.4 Å². The van der Waals surface area contributed by atoms with E-state index in [9.17, 15) is 34.1 Å². The summed E-state index contributed by atoms with van der Waals surface area (Å²) < 4.78 is 6.11. The third-order valence-corrected chi connectivity index (χ3v) is 8.97. The van der Waals surface area contributed by atoms with Gasteiger partial charge in [0.15, 0.2) is 5.78 Å². The fraction of sp³-hybridized carbons (Fsp3) is 0.0333. The number of ketones is 1. The molecule has 4 aromatic carbocycles. The van der Waals surface area contributed by atoms with E-state index in [0.29, 0.717) is 10.0 Å². The first kappa shape index (κ1) is 33.0. The first-order valence-corrected chi connectivity index (χ1v) is 15.0. The van der Waals surface area contributed by atoms with Crippen LogP contribution in [0.25, 0.3) is 0 Å². The van der Waals surface area contributed by atoms with Gasteiger partial charge in [-0.05, 0) is 60.7 Å². The van der Waals surface area contributed by atoms with E-state index >= 15 is 0 Å². The number of fused-ring (bicyclic) bond motifs is 1. The van der Waals surface area contributed by atoms with Crippen molar-refractivity contribution in [1.29, 1.82) is 0 Å². The summed E-state index contributed by atoms with van der Waals surface area (Å²) in [5.74, 6) is -4.56. The number of halogens is 5. The Morgan fingerprint density at radius 2 is 1.22 bits per heavy atom. The van der Waals surface area contributed by atoms with Crippen LogP contribution in [0.2, 0.25) is 20.1 Å². The highest BCUT2D eigenvalue weighted by atomic mass is 79.9. The third-order valence-electron chi connectivity index (χ3n) is 6.64. The smallest absolute Gasteiger partial charge is 0.343 e. The Labute approximate surface area is 287 Å². The Morgan fingerprint density at radius 1 is 0.739 bits per heavy atom. The quantitative estimate of drug-likeness (QED) is 0.0259. The molecule has 46 heavy (non-hydrogen) atoms. The van der Waals surface area contributed by atoms with Gasteiger partial charge < -0.3 is 4.74 Å². The Morgan fingerprint density at radius 3 is 1.72 bits per heavy atom. The SMILES string of the molecule is O=C(CN(C(=O)c1ccc([N+](=O)[O-])cc1)N1C(=O)c2c(Cl)c(Cl)c(Cl)c(Cl)c2C1=O)c1ccc(OC(=O)c2ccc(Br)cc2)cc1. The van der Waals surface area contributed by atoms with Gasteiger partial charge in [0.1, 0.15) is 12.3 Å².